The molecule has 116 valence electrons. The van der Waals surface area contributed by atoms with Gasteiger partial charge in [0.2, 0.25) is 0 Å². The maximum absolute atomic E-state index is 13.9. The van der Waals surface area contributed by atoms with E-state index in [1.807, 2.05) is 0 Å². The Hall–Kier alpha value is -1.21. The fourth-order valence-corrected chi connectivity index (χ4v) is 2.27. The Bertz CT molecular complexity index is 533. The van der Waals surface area contributed by atoms with Gasteiger partial charge in [0.1, 0.15) is 23.2 Å². The van der Waals surface area contributed by atoms with Gasteiger partial charge in [-0.25, -0.2) is 9.18 Å². The van der Waals surface area contributed by atoms with E-state index in [1.165, 1.54) is 17.2 Å². The van der Waals surface area contributed by atoms with Crippen LogP contribution in [-0.2, 0) is 9.47 Å². The summed E-state index contributed by atoms with van der Waals surface area (Å²) in [4.78, 5) is 17.6. The van der Waals surface area contributed by atoms with Crippen LogP contribution in [0.2, 0.25) is 0 Å². The molecule has 2 heterocycles. The minimum Gasteiger partial charge on any atom is -0.444 e. The van der Waals surface area contributed by atoms with Crippen LogP contribution in [-0.4, -0.2) is 41.3 Å². The van der Waals surface area contributed by atoms with Gasteiger partial charge in [-0.1, -0.05) is 0 Å². The van der Waals surface area contributed by atoms with Crippen LogP contribution < -0.4 is 0 Å². The highest BCUT2D eigenvalue weighted by atomic mass is 79.9. The van der Waals surface area contributed by atoms with Gasteiger partial charge in [-0.15, -0.1) is 0 Å². The lowest BCUT2D eigenvalue weighted by molar-refractivity contribution is -0.0459. The van der Waals surface area contributed by atoms with Crippen LogP contribution in [0.3, 0.4) is 0 Å². The van der Waals surface area contributed by atoms with E-state index in [4.69, 9.17) is 9.47 Å². The highest BCUT2D eigenvalue weighted by Gasteiger charge is 2.30. The van der Waals surface area contributed by atoms with E-state index in [1.54, 1.807) is 20.8 Å². The van der Waals surface area contributed by atoms with E-state index in [2.05, 4.69) is 20.9 Å². The van der Waals surface area contributed by atoms with Gasteiger partial charge in [0, 0.05) is 17.2 Å². The number of amides is 1. The number of nitrogens with zero attached hydrogens (tertiary/aromatic N) is 2. The monoisotopic (exact) mass is 360 g/mol. The zero-order chi connectivity index (χ0) is 15.6. The van der Waals surface area contributed by atoms with Gasteiger partial charge in [-0.05, 0) is 42.8 Å². The highest BCUT2D eigenvalue weighted by Crippen LogP contribution is 2.25. The number of aromatic nitrogens is 1. The van der Waals surface area contributed by atoms with Crippen molar-refractivity contribution in [3.8, 4) is 0 Å². The second-order valence-electron chi connectivity index (χ2n) is 5.81. The van der Waals surface area contributed by atoms with Crippen molar-refractivity contribution in [3.05, 3.63) is 28.2 Å². The summed E-state index contributed by atoms with van der Waals surface area (Å²) in [6.45, 7) is 6.38. The number of pyridine rings is 1. The SMILES string of the molecule is CC(C)(C)OC(=O)N1CCOC(c2ncc(Br)cc2F)C1. The fraction of sp³-hybridized carbons (Fsp3) is 0.571. The smallest absolute Gasteiger partial charge is 0.410 e. The zero-order valence-electron chi connectivity index (χ0n) is 12.2. The molecule has 0 radical (unpaired) electrons. The van der Waals surface area contributed by atoms with E-state index < -0.39 is 23.6 Å². The first kappa shape index (κ1) is 16.2. The minimum absolute atomic E-state index is 0.200. The third-order valence-electron chi connectivity index (χ3n) is 2.86. The summed E-state index contributed by atoms with van der Waals surface area (Å²) >= 11 is 3.16. The van der Waals surface area contributed by atoms with Crippen LogP contribution in [0.15, 0.2) is 16.7 Å². The average Bonchev–Trinajstić information content (AvgIpc) is 2.37. The Morgan fingerprint density at radius 2 is 2.29 bits per heavy atom. The Morgan fingerprint density at radius 1 is 1.57 bits per heavy atom. The lowest BCUT2D eigenvalue weighted by Gasteiger charge is -2.34. The Balaban J connectivity index is 2.08. The summed E-state index contributed by atoms with van der Waals surface area (Å²) in [6, 6.07) is 1.33. The van der Waals surface area contributed by atoms with Crippen molar-refractivity contribution in [3.63, 3.8) is 0 Å². The molecule has 0 aliphatic carbocycles. The second-order valence-corrected chi connectivity index (χ2v) is 6.72. The summed E-state index contributed by atoms with van der Waals surface area (Å²) in [5.74, 6) is -0.458. The molecule has 0 saturated carbocycles. The van der Waals surface area contributed by atoms with Crippen LogP contribution in [0.1, 0.15) is 32.6 Å². The van der Waals surface area contributed by atoms with Crippen molar-refractivity contribution in [1.29, 1.82) is 0 Å². The molecule has 7 heteroatoms. The normalized spacial score (nSPS) is 19.5. The molecular weight excluding hydrogens is 343 g/mol. The van der Waals surface area contributed by atoms with Crippen LogP contribution >= 0.6 is 15.9 Å². The van der Waals surface area contributed by atoms with Gasteiger partial charge < -0.3 is 14.4 Å². The van der Waals surface area contributed by atoms with Crippen molar-refractivity contribution in [2.45, 2.75) is 32.5 Å². The molecule has 1 aliphatic rings. The number of hydrogen-bond acceptors (Lipinski definition) is 4. The fourth-order valence-electron chi connectivity index (χ4n) is 1.97. The summed E-state index contributed by atoms with van der Waals surface area (Å²) in [5.41, 5.74) is -0.363. The third-order valence-corrected chi connectivity index (χ3v) is 3.29. The second kappa shape index (κ2) is 6.27. The van der Waals surface area contributed by atoms with Crippen molar-refractivity contribution >= 4 is 22.0 Å². The first-order chi connectivity index (χ1) is 9.76. The molecule has 1 fully saturated rings. The lowest BCUT2D eigenvalue weighted by atomic mass is 10.2. The van der Waals surface area contributed by atoms with Crippen molar-refractivity contribution in [1.82, 2.24) is 9.88 Å². The maximum atomic E-state index is 13.9. The first-order valence-electron chi connectivity index (χ1n) is 6.67. The van der Waals surface area contributed by atoms with E-state index in [0.717, 1.165) is 0 Å². The molecule has 1 aromatic heterocycles. The number of morpholine rings is 1. The number of rotatable bonds is 1. The molecule has 0 bridgehead atoms. The van der Waals surface area contributed by atoms with E-state index in [9.17, 15) is 9.18 Å². The van der Waals surface area contributed by atoms with Gasteiger partial charge in [0.25, 0.3) is 0 Å². The molecule has 1 atom stereocenters. The Labute approximate surface area is 131 Å². The predicted octanol–water partition coefficient (Wildman–Crippen LogP) is 3.29. The van der Waals surface area contributed by atoms with Crippen LogP contribution in [0.5, 0.6) is 0 Å². The number of halogens is 2. The number of carbonyl (C=O) groups is 1. The predicted molar refractivity (Wildman–Crippen MR) is 78.4 cm³/mol. The van der Waals surface area contributed by atoms with Crippen molar-refractivity contribution in [2.75, 3.05) is 19.7 Å². The van der Waals surface area contributed by atoms with Gasteiger partial charge in [0.05, 0.1) is 13.2 Å². The molecule has 0 N–H and O–H groups in total. The number of carbonyl (C=O) groups excluding carboxylic acids is 1. The van der Waals surface area contributed by atoms with Crippen LogP contribution in [0.25, 0.3) is 0 Å². The molecule has 21 heavy (non-hydrogen) atoms. The van der Waals surface area contributed by atoms with E-state index in [0.29, 0.717) is 17.6 Å². The average molecular weight is 361 g/mol. The summed E-state index contributed by atoms with van der Waals surface area (Å²) in [7, 11) is 0. The summed E-state index contributed by atoms with van der Waals surface area (Å²) in [6.07, 6.45) is 0.501. The van der Waals surface area contributed by atoms with Gasteiger partial charge in [-0.3, -0.25) is 4.98 Å². The zero-order valence-corrected chi connectivity index (χ0v) is 13.8. The molecular formula is C14H18BrFN2O3. The standard InChI is InChI=1S/C14H18BrFN2O3/c1-14(2,3)21-13(19)18-4-5-20-11(8-18)12-10(16)6-9(15)7-17-12/h6-7,11H,4-5,8H2,1-3H3. The Morgan fingerprint density at radius 3 is 2.90 bits per heavy atom. The molecule has 2 rings (SSSR count). The largest absolute Gasteiger partial charge is 0.444 e. The van der Waals surface area contributed by atoms with Crippen molar-refractivity contribution < 1.29 is 18.7 Å². The Kier molecular flexibility index (Phi) is 4.83. The molecule has 1 saturated heterocycles. The maximum Gasteiger partial charge on any atom is 0.410 e. The highest BCUT2D eigenvalue weighted by molar-refractivity contribution is 9.10. The lowest BCUT2D eigenvalue weighted by Crippen LogP contribution is -2.45. The quantitative estimate of drug-likeness (QED) is 0.770. The molecule has 0 spiro atoms. The topological polar surface area (TPSA) is 51.7 Å². The molecule has 0 aromatic carbocycles. The summed E-state index contributed by atoms with van der Waals surface area (Å²) in [5, 5.41) is 0. The molecule has 1 amide bonds. The van der Waals surface area contributed by atoms with Crippen LogP contribution in [0, 0.1) is 5.82 Å². The van der Waals surface area contributed by atoms with Crippen molar-refractivity contribution in [2.24, 2.45) is 0 Å². The molecule has 5 nitrogen and oxygen atoms in total. The first-order valence-corrected chi connectivity index (χ1v) is 7.46. The number of ether oxygens (including phenoxy) is 2. The van der Waals surface area contributed by atoms with E-state index >= 15 is 0 Å². The summed E-state index contributed by atoms with van der Waals surface area (Å²) < 4.78 is 25.3. The van der Waals surface area contributed by atoms with Crippen LogP contribution in [0.4, 0.5) is 9.18 Å². The third kappa shape index (κ3) is 4.38. The van der Waals surface area contributed by atoms with Gasteiger partial charge in [-0.2, -0.15) is 0 Å². The van der Waals surface area contributed by atoms with Gasteiger partial charge >= 0.3 is 6.09 Å². The molecule has 1 aromatic rings. The molecule has 1 aliphatic heterocycles. The minimum atomic E-state index is -0.584. The molecule has 1 unspecified atom stereocenters. The number of hydrogen-bond donors (Lipinski definition) is 0. The van der Waals surface area contributed by atoms with Gasteiger partial charge in [0.15, 0.2) is 0 Å². The van der Waals surface area contributed by atoms with E-state index in [-0.39, 0.29) is 12.2 Å².